The molecule has 1 saturated heterocycles. The molecule has 0 spiro atoms. The molecule has 106 valence electrons. The SMILES string of the molecule is Cc1[nH]ncc1CCCNC(=O)CC1CCCNC1. The molecule has 5 nitrogen and oxygen atoms in total. The van der Waals surface area contributed by atoms with E-state index in [4.69, 9.17) is 0 Å². The van der Waals surface area contributed by atoms with Crippen LogP contribution in [-0.2, 0) is 11.2 Å². The first-order valence-electron chi connectivity index (χ1n) is 7.22. The van der Waals surface area contributed by atoms with Gasteiger partial charge in [0.2, 0.25) is 5.91 Å². The van der Waals surface area contributed by atoms with Gasteiger partial charge in [-0.25, -0.2) is 0 Å². The summed E-state index contributed by atoms with van der Waals surface area (Å²) in [7, 11) is 0. The molecule has 0 bridgehead atoms. The van der Waals surface area contributed by atoms with Crippen LogP contribution >= 0.6 is 0 Å². The van der Waals surface area contributed by atoms with E-state index in [0.717, 1.165) is 38.2 Å². The third-order valence-corrected chi connectivity index (χ3v) is 3.75. The van der Waals surface area contributed by atoms with Crippen LogP contribution in [0.3, 0.4) is 0 Å². The summed E-state index contributed by atoms with van der Waals surface area (Å²) in [6.45, 7) is 4.87. The lowest BCUT2D eigenvalue weighted by molar-refractivity contribution is -0.122. The lowest BCUT2D eigenvalue weighted by atomic mass is 9.96. The standard InChI is InChI=1S/C14H24N4O/c1-11-13(10-17-18-11)5-3-7-16-14(19)8-12-4-2-6-15-9-12/h10,12,15H,2-9H2,1H3,(H,16,19)(H,17,18). The Balaban J connectivity index is 1.57. The summed E-state index contributed by atoms with van der Waals surface area (Å²) in [5, 5.41) is 13.3. The summed E-state index contributed by atoms with van der Waals surface area (Å²) in [6.07, 6.45) is 6.83. The van der Waals surface area contributed by atoms with Gasteiger partial charge in [0.1, 0.15) is 0 Å². The van der Waals surface area contributed by atoms with Crippen LogP contribution in [-0.4, -0.2) is 35.7 Å². The van der Waals surface area contributed by atoms with Gasteiger partial charge in [0.05, 0.1) is 6.20 Å². The highest BCUT2D eigenvalue weighted by molar-refractivity contribution is 5.76. The second-order valence-corrected chi connectivity index (χ2v) is 5.39. The van der Waals surface area contributed by atoms with E-state index in [-0.39, 0.29) is 5.91 Å². The van der Waals surface area contributed by atoms with Crippen LogP contribution in [0.2, 0.25) is 0 Å². The molecular weight excluding hydrogens is 240 g/mol. The maximum atomic E-state index is 11.8. The number of nitrogens with one attached hydrogen (secondary N) is 3. The van der Waals surface area contributed by atoms with Gasteiger partial charge in [-0.15, -0.1) is 0 Å². The Morgan fingerprint density at radius 1 is 1.58 bits per heavy atom. The Kier molecular flexibility index (Phi) is 5.39. The molecule has 1 aliphatic rings. The highest BCUT2D eigenvalue weighted by Crippen LogP contribution is 2.13. The first kappa shape index (κ1) is 14.1. The Morgan fingerprint density at radius 3 is 3.16 bits per heavy atom. The number of hydrogen-bond donors (Lipinski definition) is 3. The van der Waals surface area contributed by atoms with E-state index in [2.05, 4.69) is 20.8 Å². The van der Waals surface area contributed by atoms with Gasteiger partial charge in [-0.1, -0.05) is 0 Å². The van der Waals surface area contributed by atoms with Crippen LogP contribution in [0.4, 0.5) is 0 Å². The minimum Gasteiger partial charge on any atom is -0.356 e. The van der Waals surface area contributed by atoms with Crippen LogP contribution in [0.1, 0.15) is 36.9 Å². The molecule has 19 heavy (non-hydrogen) atoms. The number of hydrogen-bond acceptors (Lipinski definition) is 3. The summed E-state index contributed by atoms with van der Waals surface area (Å²) in [4.78, 5) is 11.8. The normalized spacial score (nSPS) is 19.3. The molecule has 1 amide bonds. The zero-order chi connectivity index (χ0) is 13.5. The van der Waals surface area contributed by atoms with Gasteiger partial charge in [0, 0.05) is 18.7 Å². The van der Waals surface area contributed by atoms with Gasteiger partial charge in [-0.3, -0.25) is 9.89 Å². The van der Waals surface area contributed by atoms with Crippen molar-refractivity contribution in [1.82, 2.24) is 20.8 Å². The fourth-order valence-electron chi connectivity index (χ4n) is 2.57. The average molecular weight is 264 g/mol. The topological polar surface area (TPSA) is 69.8 Å². The van der Waals surface area contributed by atoms with Crippen molar-refractivity contribution in [3.63, 3.8) is 0 Å². The molecule has 5 heteroatoms. The van der Waals surface area contributed by atoms with Crippen molar-refractivity contribution in [2.24, 2.45) is 5.92 Å². The third kappa shape index (κ3) is 4.67. The molecule has 0 aromatic carbocycles. The van der Waals surface area contributed by atoms with E-state index in [1.54, 1.807) is 0 Å². The highest BCUT2D eigenvalue weighted by Gasteiger charge is 2.16. The number of carbonyl (C=O) groups excluding carboxylic acids is 1. The second-order valence-electron chi connectivity index (χ2n) is 5.39. The zero-order valence-corrected chi connectivity index (χ0v) is 11.7. The lowest BCUT2D eigenvalue weighted by Crippen LogP contribution is -2.34. The van der Waals surface area contributed by atoms with Crippen LogP contribution in [0, 0.1) is 12.8 Å². The smallest absolute Gasteiger partial charge is 0.220 e. The Morgan fingerprint density at radius 2 is 2.47 bits per heavy atom. The van der Waals surface area contributed by atoms with Crippen molar-refractivity contribution in [3.8, 4) is 0 Å². The average Bonchev–Trinajstić information content (AvgIpc) is 2.81. The molecule has 0 radical (unpaired) electrons. The fourth-order valence-corrected chi connectivity index (χ4v) is 2.57. The first-order chi connectivity index (χ1) is 9.25. The molecule has 3 N–H and O–H groups in total. The largest absolute Gasteiger partial charge is 0.356 e. The van der Waals surface area contributed by atoms with Gasteiger partial charge >= 0.3 is 0 Å². The number of carbonyl (C=O) groups is 1. The number of aryl methyl sites for hydroxylation is 2. The molecule has 1 unspecified atom stereocenters. The van der Waals surface area contributed by atoms with E-state index in [1.165, 1.54) is 18.4 Å². The summed E-state index contributed by atoms with van der Waals surface area (Å²) in [5.74, 6) is 0.711. The van der Waals surface area contributed by atoms with E-state index in [9.17, 15) is 4.79 Å². The van der Waals surface area contributed by atoms with Crippen molar-refractivity contribution in [2.45, 2.75) is 39.0 Å². The van der Waals surface area contributed by atoms with E-state index in [0.29, 0.717) is 12.3 Å². The molecule has 2 rings (SSSR count). The van der Waals surface area contributed by atoms with Crippen molar-refractivity contribution < 1.29 is 4.79 Å². The monoisotopic (exact) mass is 264 g/mol. The fraction of sp³-hybridized carbons (Fsp3) is 0.714. The Hall–Kier alpha value is -1.36. The lowest BCUT2D eigenvalue weighted by Gasteiger charge is -2.22. The van der Waals surface area contributed by atoms with Crippen molar-refractivity contribution in [3.05, 3.63) is 17.5 Å². The van der Waals surface area contributed by atoms with Crippen LogP contribution in [0.15, 0.2) is 6.20 Å². The first-order valence-corrected chi connectivity index (χ1v) is 7.22. The van der Waals surface area contributed by atoms with Crippen molar-refractivity contribution in [2.75, 3.05) is 19.6 Å². The van der Waals surface area contributed by atoms with Crippen LogP contribution in [0.5, 0.6) is 0 Å². The molecular formula is C14H24N4O. The van der Waals surface area contributed by atoms with E-state index >= 15 is 0 Å². The van der Waals surface area contributed by atoms with Crippen molar-refractivity contribution >= 4 is 5.91 Å². The van der Waals surface area contributed by atoms with E-state index < -0.39 is 0 Å². The molecule has 1 aromatic heterocycles. The molecule has 2 heterocycles. The molecule has 1 aliphatic heterocycles. The summed E-state index contributed by atoms with van der Waals surface area (Å²) >= 11 is 0. The maximum Gasteiger partial charge on any atom is 0.220 e. The van der Waals surface area contributed by atoms with Crippen molar-refractivity contribution in [1.29, 1.82) is 0 Å². The van der Waals surface area contributed by atoms with Crippen LogP contribution in [0.25, 0.3) is 0 Å². The number of aromatic nitrogens is 2. The predicted octanol–water partition coefficient (Wildman–Crippen LogP) is 1.16. The molecule has 1 atom stereocenters. The number of amides is 1. The van der Waals surface area contributed by atoms with Gasteiger partial charge in [0.25, 0.3) is 0 Å². The van der Waals surface area contributed by atoms with Gasteiger partial charge in [0.15, 0.2) is 0 Å². The number of H-pyrrole nitrogens is 1. The maximum absolute atomic E-state index is 11.8. The van der Waals surface area contributed by atoms with Gasteiger partial charge < -0.3 is 10.6 Å². The number of aromatic amines is 1. The molecule has 1 fully saturated rings. The minimum atomic E-state index is 0.192. The molecule has 0 saturated carbocycles. The molecule has 1 aromatic rings. The minimum absolute atomic E-state index is 0.192. The Labute approximate surface area is 114 Å². The van der Waals surface area contributed by atoms with Gasteiger partial charge in [-0.2, -0.15) is 5.10 Å². The number of piperidine rings is 1. The zero-order valence-electron chi connectivity index (χ0n) is 11.7. The van der Waals surface area contributed by atoms with Crippen LogP contribution < -0.4 is 10.6 Å². The molecule has 0 aliphatic carbocycles. The number of rotatable bonds is 6. The Bertz CT molecular complexity index is 396. The highest BCUT2D eigenvalue weighted by atomic mass is 16.1. The summed E-state index contributed by atoms with van der Waals surface area (Å²) < 4.78 is 0. The summed E-state index contributed by atoms with van der Waals surface area (Å²) in [6, 6.07) is 0. The third-order valence-electron chi connectivity index (χ3n) is 3.75. The summed E-state index contributed by atoms with van der Waals surface area (Å²) in [5.41, 5.74) is 2.37. The van der Waals surface area contributed by atoms with E-state index in [1.807, 2.05) is 13.1 Å². The van der Waals surface area contributed by atoms with Gasteiger partial charge in [-0.05, 0) is 57.2 Å². The second kappa shape index (κ2) is 7.28. The number of nitrogens with zero attached hydrogens (tertiary/aromatic N) is 1. The predicted molar refractivity (Wildman–Crippen MR) is 74.9 cm³/mol. The quantitative estimate of drug-likeness (QED) is 0.675.